The average Bonchev–Trinajstić information content (AvgIpc) is 3.29. The minimum Gasteiger partial charge on any atom is -0.389 e. The summed E-state index contributed by atoms with van der Waals surface area (Å²) in [6.45, 7) is 2.03. The molecule has 0 amide bonds. The lowest BCUT2D eigenvalue weighted by molar-refractivity contribution is -0.195. The van der Waals surface area contributed by atoms with Crippen LogP contribution >= 0.6 is 23.2 Å². The van der Waals surface area contributed by atoms with Crippen molar-refractivity contribution in [3.63, 3.8) is 0 Å². The fourth-order valence-electron chi connectivity index (χ4n) is 7.90. The second-order valence-electron chi connectivity index (χ2n) is 11.0. The van der Waals surface area contributed by atoms with Gasteiger partial charge < -0.3 is 19.3 Å². The van der Waals surface area contributed by atoms with E-state index in [2.05, 4.69) is 17.5 Å². The van der Waals surface area contributed by atoms with Gasteiger partial charge >= 0.3 is 0 Å². The van der Waals surface area contributed by atoms with Crippen LogP contribution in [0.25, 0.3) is 0 Å². The number of ketones is 1. The Kier molecular flexibility index (Phi) is 6.84. The smallest absolute Gasteiger partial charge is 0.175 e. The maximum Gasteiger partial charge on any atom is 0.175 e. The lowest BCUT2D eigenvalue weighted by Gasteiger charge is -2.49. The van der Waals surface area contributed by atoms with Crippen molar-refractivity contribution < 1.29 is 24.1 Å². The molecule has 3 aliphatic carbocycles. The number of rotatable bonds is 3. The van der Waals surface area contributed by atoms with Gasteiger partial charge in [0.2, 0.25) is 0 Å². The van der Waals surface area contributed by atoms with Gasteiger partial charge in [0.15, 0.2) is 11.4 Å². The molecule has 2 N–H and O–H groups in total. The molecule has 0 aromatic rings. The van der Waals surface area contributed by atoms with Gasteiger partial charge in [-0.05, 0) is 43.9 Å². The van der Waals surface area contributed by atoms with Gasteiger partial charge in [-0.3, -0.25) is 10.2 Å². The number of ether oxygens (including phenoxy) is 3. The molecule has 0 aromatic carbocycles. The number of hydrogen-bond donors (Lipinski definition) is 2. The Hall–Kier alpha value is 0.01000. The zero-order valence-electron chi connectivity index (χ0n) is 20.0. The number of carbonyl (C=O) groups is 1. The van der Waals surface area contributed by atoms with Crippen molar-refractivity contribution in [3.8, 4) is 0 Å². The first-order valence-electron chi connectivity index (χ1n) is 12.5. The van der Waals surface area contributed by atoms with Crippen LogP contribution in [0.1, 0.15) is 45.4 Å². The summed E-state index contributed by atoms with van der Waals surface area (Å²) < 4.78 is 18.0. The molecule has 7 nitrogen and oxygen atoms in total. The van der Waals surface area contributed by atoms with Gasteiger partial charge in [-0.15, -0.1) is 23.2 Å². The SMILES string of the molecule is COC1CC(OC)C2C(=O)[C@@]3(OC2C1Cl)C(O)C1C(C[C@H]3C)NN(C)C1C1CCC(Cl)CC1. The maximum absolute atomic E-state index is 14.1. The summed E-state index contributed by atoms with van der Waals surface area (Å²) in [4.78, 5) is 14.1. The number of aliphatic hydroxyl groups is 1. The van der Waals surface area contributed by atoms with E-state index < -0.39 is 29.1 Å². The summed E-state index contributed by atoms with van der Waals surface area (Å²) in [6.07, 6.45) is 3.32. The van der Waals surface area contributed by atoms with E-state index >= 15 is 0 Å². The molecular formula is C24H38Cl2N2O5. The summed E-state index contributed by atoms with van der Waals surface area (Å²) in [5.41, 5.74) is 2.34. The summed E-state index contributed by atoms with van der Waals surface area (Å²) >= 11 is 13.2. The Bertz CT molecular complexity index is 752. The number of aliphatic hydroxyl groups excluding tert-OH is 1. The molecule has 188 valence electrons. The number of fused-ring (bicyclic) bond motifs is 2. The topological polar surface area (TPSA) is 80.3 Å². The Morgan fingerprint density at radius 2 is 1.79 bits per heavy atom. The second-order valence-corrected chi connectivity index (χ2v) is 12.1. The molecule has 5 aliphatic rings. The number of hydrazine groups is 1. The Balaban J connectivity index is 1.48. The lowest BCUT2D eigenvalue weighted by atomic mass is 9.60. The monoisotopic (exact) mass is 504 g/mol. The molecule has 2 aliphatic heterocycles. The number of hydrogen-bond acceptors (Lipinski definition) is 7. The number of halogens is 2. The van der Waals surface area contributed by atoms with E-state index in [4.69, 9.17) is 37.4 Å². The molecule has 0 radical (unpaired) electrons. The van der Waals surface area contributed by atoms with E-state index in [0.717, 1.165) is 32.1 Å². The minimum absolute atomic E-state index is 0.0456. The zero-order chi connectivity index (χ0) is 23.7. The minimum atomic E-state index is -1.27. The van der Waals surface area contributed by atoms with Gasteiger partial charge in [0.25, 0.3) is 0 Å². The number of methoxy groups -OCH3 is 2. The van der Waals surface area contributed by atoms with Gasteiger partial charge in [0, 0.05) is 51.1 Å². The highest BCUT2D eigenvalue weighted by molar-refractivity contribution is 6.22. The normalized spacial score (nSPS) is 55.1. The standard InChI is InChI=1S/C24H38Cl2N2O5/c1-11-9-14-17(20(28(2)27-14)12-5-7-13(25)8-6-12)22(29)24(11)23(30)18-15(31-3)10-16(32-4)19(26)21(18)33-24/h11-22,27,29H,5-10H2,1-4H3/t11-,12?,13?,14?,15?,16?,17?,18?,19?,20?,21?,22?,24+/m1/s1. The van der Waals surface area contributed by atoms with Crippen molar-refractivity contribution >= 4 is 29.0 Å². The van der Waals surface area contributed by atoms with Crippen LogP contribution < -0.4 is 5.43 Å². The van der Waals surface area contributed by atoms with Crippen molar-refractivity contribution in [1.29, 1.82) is 0 Å². The van der Waals surface area contributed by atoms with Gasteiger partial charge in [0.05, 0.1) is 35.7 Å². The average molecular weight is 505 g/mol. The van der Waals surface area contributed by atoms with E-state index in [0.29, 0.717) is 12.3 Å². The molecule has 3 saturated carbocycles. The predicted octanol–water partition coefficient (Wildman–Crippen LogP) is 2.35. The first-order chi connectivity index (χ1) is 15.7. The van der Waals surface area contributed by atoms with Crippen molar-refractivity contribution in [2.24, 2.45) is 23.7 Å². The third kappa shape index (κ3) is 3.64. The molecule has 33 heavy (non-hydrogen) atoms. The largest absolute Gasteiger partial charge is 0.389 e. The van der Waals surface area contributed by atoms with Crippen molar-refractivity contribution in [2.45, 2.75) is 98.3 Å². The van der Waals surface area contributed by atoms with Crippen LogP contribution in [0.2, 0.25) is 0 Å². The van der Waals surface area contributed by atoms with Crippen LogP contribution in [0.5, 0.6) is 0 Å². The van der Waals surface area contributed by atoms with Crippen LogP contribution in [0.3, 0.4) is 0 Å². The van der Waals surface area contributed by atoms with Crippen LogP contribution in [0.4, 0.5) is 0 Å². The van der Waals surface area contributed by atoms with Crippen molar-refractivity contribution in [1.82, 2.24) is 10.4 Å². The summed E-state index contributed by atoms with van der Waals surface area (Å²) in [6, 6.07) is 0.245. The molecular weight excluding hydrogens is 467 g/mol. The lowest BCUT2D eigenvalue weighted by Crippen LogP contribution is -2.64. The first-order valence-corrected chi connectivity index (χ1v) is 13.3. The molecule has 0 bridgehead atoms. The second kappa shape index (κ2) is 9.15. The predicted molar refractivity (Wildman–Crippen MR) is 125 cm³/mol. The molecule has 5 fully saturated rings. The number of nitrogens with one attached hydrogen (secondary N) is 1. The van der Waals surface area contributed by atoms with Crippen LogP contribution in [-0.4, -0.2) is 90.0 Å². The Morgan fingerprint density at radius 3 is 2.42 bits per heavy atom. The van der Waals surface area contributed by atoms with Gasteiger partial charge in [-0.2, -0.15) is 0 Å². The van der Waals surface area contributed by atoms with Gasteiger partial charge in [0.1, 0.15) is 0 Å². The van der Waals surface area contributed by atoms with Crippen LogP contribution in [-0.2, 0) is 19.0 Å². The molecule has 2 saturated heterocycles. The van der Waals surface area contributed by atoms with E-state index in [1.165, 1.54) is 0 Å². The number of carbonyl (C=O) groups excluding carboxylic acids is 1. The van der Waals surface area contributed by atoms with Crippen LogP contribution in [0, 0.1) is 23.7 Å². The first kappa shape index (κ1) is 24.7. The van der Waals surface area contributed by atoms with Crippen molar-refractivity contribution in [2.75, 3.05) is 21.3 Å². The highest BCUT2D eigenvalue weighted by Crippen LogP contribution is 2.55. The maximum atomic E-state index is 14.1. The van der Waals surface area contributed by atoms with Gasteiger partial charge in [-0.25, -0.2) is 5.01 Å². The quantitative estimate of drug-likeness (QED) is 0.570. The number of Topliss-reactive ketones (excluding diaryl/α,β-unsaturated/α-hetero) is 1. The van der Waals surface area contributed by atoms with Gasteiger partial charge in [-0.1, -0.05) is 6.92 Å². The molecule has 0 aromatic heterocycles. The Labute approximate surface area is 206 Å². The Morgan fingerprint density at radius 1 is 1.12 bits per heavy atom. The molecule has 9 unspecified atom stereocenters. The molecule has 1 spiro atoms. The van der Waals surface area contributed by atoms with Crippen molar-refractivity contribution in [3.05, 3.63) is 0 Å². The third-order valence-corrected chi connectivity index (χ3v) is 10.5. The summed E-state index contributed by atoms with van der Waals surface area (Å²) in [5, 5.41) is 14.0. The van der Waals surface area contributed by atoms with E-state index in [1.54, 1.807) is 14.2 Å². The number of alkyl halides is 2. The third-order valence-electron chi connectivity index (χ3n) is 9.52. The molecule has 9 heteroatoms. The highest BCUT2D eigenvalue weighted by atomic mass is 35.5. The fraction of sp³-hybridized carbons (Fsp3) is 0.958. The molecule has 11 atom stereocenters. The summed E-state index contributed by atoms with van der Waals surface area (Å²) in [7, 11) is 5.31. The fourth-order valence-corrected chi connectivity index (χ4v) is 8.57. The molecule has 5 rings (SSSR count). The van der Waals surface area contributed by atoms with E-state index in [1.807, 2.05) is 6.92 Å². The highest BCUT2D eigenvalue weighted by Gasteiger charge is 2.71. The number of nitrogens with zero attached hydrogens (tertiary/aromatic N) is 1. The van der Waals surface area contributed by atoms with E-state index in [-0.39, 0.29) is 47.3 Å². The zero-order valence-corrected chi connectivity index (χ0v) is 21.5. The van der Waals surface area contributed by atoms with E-state index in [9.17, 15) is 9.90 Å². The molecule has 2 heterocycles. The summed E-state index contributed by atoms with van der Waals surface area (Å²) in [5.74, 6) is -0.352. The van der Waals surface area contributed by atoms with Crippen LogP contribution in [0.15, 0.2) is 0 Å².